The molecule has 1 unspecified atom stereocenters. The molecule has 0 spiro atoms. The molecule has 0 aliphatic rings. The van der Waals surface area contributed by atoms with E-state index in [1.807, 2.05) is 0 Å². The smallest absolute Gasteiger partial charge is 0.323 e. The van der Waals surface area contributed by atoms with Crippen molar-refractivity contribution < 1.29 is 15.0 Å². The second-order valence-corrected chi connectivity index (χ2v) is 1.01. The molecule has 4 nitrogen and oxygen atoms in total. The molecule has 0 saturated carbocycles. The first-order chi connectivity index (χ1) is 3.18. The molecule has 7 heavy (non-hydrogen) atoms. The summed E-state index contributed by atoms with van der Waals surface area (Å²) >= 11 is 0. The molecule has 0 amide bonds. The summed E-state index contributed by atoms with van der Waals surface area (Å²) in [5, 5.41) is 15.7. The van der Waals surface area contributed by atoms with Gasteiger partial charge in [-0.3, -0.25) is 4.79 Å². The lowest BCUT2D eigenvalue weighted by molar-refractivity contribution is -0.138. The van der Waals surface area contributed by atoms with Crippen molar-refractivity contribution in [1.29, 1.82) is 0 Å². The molecule has 0 rings (SSSR count). The summed E-state index contributed by atoms with van der Waals surface area (Å²) in [4.78, 5) is 9.61. The van der Waals surface area contributed by atoms with E-state index in [0.29, 0.717) is 6.61 Å². The van der Waals surface area contributed by atoms with Gasteiger partial charge in [0.15, 0.2) is 0 Å². The van der Waals surface area contributed by atoms with Crippen LogP contribution in [0.25, 0.3) is 0 Å². The molecule has 0 heterocycles. The van der Waals surface area contributed by atoms with Gasteiger partial charge in [0.05, 0.1) is 0 Å². The Bertz CT molecular complexity index is 72.6. The normalized spacial score (nSPS) is 13.4. The van der Waals surface area contributed by atoms with Crippen LogP contribution in [0.15, 0.2) is 0 Å². The Morgan fingerprint density at radius 2 is 2.29 bits per heavy atom. The number of hydrogen-bond donors (Lipinski definition) is 3. The maximum Gasteiger partial charge on any atom is 0.323 e. The second kappa shape index (κ2) is 2.54. The number of aliphatic hydroxyl groups excluding tert-OH is 1. The first-order valence-corrected chi connectivity index (χ1v) is 1.64. The van der Waals surface area contributed by atoms with E-state index < -0.39 is 12.0 Å². The van der Waals surface area contributed by atoms with E-state index in [-0.39, 0.29) is 0 Å². The van der Waals surface area contributed by atoms with Gasteiger partial charge in [-0.05, 0) is 0 Å². The fourth-order valence-corrected chi connectivity index (χ4v) is 0.0638. The molecule has 0 saturated heterocycles. The molecule has 4 heteroatoms. The van der Waals surface area contributed by atoms with Gasteiger partial charge in [-0.15, -0.1) is 0 Å². The molecule has 41 valence electrons. The van der Waals surface area contributed by atoms with Crippen LogP contribution in [-0.2, 0) is 4.79 Å². The van der Waals surface area contributed by atoms with Crippen LogP contribution in [0.1, 0.15) is 0 Å². The van der Waals surface area contributed by atoms with Gasteiger partial charge < -0.3 is 15.9 Å². The Hall–Kier alpha value is -0.610. The zero-order chi connectivity index (χ0) is 5.86. The maximum atomic E-state index is 9.61. The van der Waals surface area contributed by atoms with Crippen LogP contribution in [-0.4, -0.2) is 22.2 Å². The molecule has 0 aromatic carbocycles. The molecular weight excluding hydrogens is 98.0 g/mol. The minimum absolute atomic E-state index is 0.419. The van der Waals surface area contributed by atoms with E-state index in [4.69, 9.17) is 15.9 Å². The highest BCUT2D eigenvalue weighted by atomic mass is 16.4. The number of carboxylic acids is 1. The summed E-state index contributed by atoms with van der Waals surface area (Å²) in [6.45, 7) is 0.419. The maximum absolute atomic E-state index is 9.61. The van der Waals surface area contributed by atoms with Crippen LogP contribution in [0.4, 0.5) is 0 Å². The number of hydrogen-bond acceptors (Lipinski definition) is 3. The second-order valence-electron chi connectivity index (χ2n) is 1.01. The lowest BCUT2D eigenvalue weighted by Crippen LogP contribution is -2.30. The lowest BCUT2D eigenvalue weighted by Gasteiger charge is -1.95. The average molecular weight is 104 g/mol. The molecule has 0 aromatic rings. The van der Waals surface area contributed by atoms with Crippen molar-refractivity contribution in [3.63, 3.8) is 0 Å². The third kappa shape index (κ3) is 2.13. The van der Waals surface area contributed by atoms with Gasteiger partial charge in [-0.25, -0.2) is 0 Å². The topological polar surface area (TPSA) is 83.5 Å². The van der Waals surface area contributed by atoms with E-state index in [1.165, 1.54) is 0 Å². The Morgan fingerprint density at radius 3 is 2.29 bits per heavy atom. The Labute approximate surface area is 40.6 Å². The van der Waals surface area contributed by atoms with Crippen LogP contribution >= 0.6 is 0 Å². The highest BCUT2D eigenvalue weighted by molar-refractivity contribution is 5.74. The SMILES string of the molecule is NC([CH]O)C(=O)O. The minimum Gasteiger partial charge on any atom is -0.480 e. The van der Waals surface area contributed by atoms with Crippen molar-refractivity contribution in [3.05, 3.63) is 6.61 Å². The van der Waals surface area contributed by atoms with Gasteiger partial charge in [0.1, 0.15) is 12.6 Å². The van der Waals surface area contributed by atoms with E-state index in [9.17, 15) is 4.79 Å². The van der Waals surface area contributed by atoms with Crippen LogP contribution in [0.5, 0.6) is 0 Å². The van der Waals surface area contributed by atoms with Gasteiger partial charge in [0, 0.05) is 0 Å². The fraction of sp³-hybridized carbons (Fsp3) is 0.333. The summed E-state index contributed by atoms with van der Waals surface area (Å²) in [6, 6.07) is -1.25. The number of nitrogens with two attached hydrogens (primary N) is 1. The quantitative estimate of drug-likeness (QED) is 0.416. The first kappa shape index (κ1) is 6.39. The van der Waals surface area contributed by atoms with Crippen LogP contribution in [0.3, 0.4) is 0 Å². The van der Waals surface area contributed by atoms with Crippen molar-refractivity contribution in [2.75, 3.05) is 0 Å². The lowest BCUT2D eigenvalue weighted by atomic mass is 10.3. The molecule has 0 aliphatic carbocycles. The van der Waals surface area contributed by atoms with Crippen LogP contribution in [0.2, 0.25) is 0 Å². The largest absolute Gasteiger partial charge is 0.480 e. The molecule has 0 fully saturated rings. The van der Waals surface area contributed by atoms with Crippen LogP contribution < -0.4 is 5.73 Å². The van der Waals surface area contributed by atoms with Crippen molar-refractivity contribution in [3.8, 4) is 0 Å². The standard InChI is InChI=1S/C3H6NO3/c4-2(1-5)3(6)7/h1-2,5H,4H2,(H,6,7). The average Bonchev–Trinajstić information content (AvgIpc) is 1.65. The number of aliphatic hydroxyl groups is 1. The Kier molecular flexibility index (Phi) is 2.32. The number of carboxylic acid groups (broad SMARTS) is 1. The molecule has 0 aliphatic heterocycles. The van der Waals surface area contributed by atoms with Gasteiger partial charge in [0.25, 0.3) is 0 Å². The zero-order valence-corrected chi connectivity index (χ0v) is 3.53. The summed E-state index contributed by atoms with van der Waals surface area (Å²) in [5.41, 5.74) is 4.71. The summed E-state index contributed by atoms with van der Waals surface area (Å²) in [6.07, 6.45) is 0. The van der Waals surface area contributed by atoms with Gasteiger partial charge >= 0.3 is 5.97 Å². The molecule has 0 aromatic heterocycles. The highest BCUT2D eigenvalue weighted by Gasteiger charge is 2.07. The minimum atomic E-state index is -1.25. The first-order valence-electron chi connectivity index (χ1n) is 1.64. The van der Waals surface area contributed by atoms with Gasteiger partial charge in [0.2, 0.25) is 0 Å². The summed E-state index contributed by atoms with van der Waals surface area (Å²) in [5.74, 6) is -1.23. The molecule has 1 atom stereocenters. The Morgan fingerprint density at radius 1 is 1.86 bits per heavy atom. The summed E-state index contributed by atoms with van der Waals surface area (Å²) in [7, 11) is 0. The van der Waals surface area contributed by atoms with Gasteiger partial charge in [-0.2, -0.15) is 0 Å². The van der Waals surface area contributed by atoms with E-state index in [2.05, 4.69) is 0 Å². The fourth-order valence-electron chi connectivity index (χ4n) is 0.0638. The number of aliphatic carboxylic acids is 1. The zero-order valence-electron chi connectivity index (χ0n) is 3.53. The predicted octanol–water partition coefficient (Wildman–Crippen LogP) is -1.07. The van der Waals surface area contributed by atoms with Crippen molar-refractivity contribution in [2.24, 2.45) is 5.73 Å². The van der Waals surface area contributed by atoms with Crippen molar-refractivity contribution >= 4 is 5.97 Å². The summed E-state index contributed by atoms with van der Waals surface area (Å²) < 4.78 is 0. The van der Waals surface area contributed by atoms with E-state index in [1.54, 1.807) is 0 Å². The van der Waals surface area contributed by atoms with E-state index >= 15 is 0 Å². The monoisotopic (exact) mass is 104 g/mol. The molecular formula is C3H6NO3. The molecule has 4 N–H and O–H groups in total. The third-order valence-electron chi connectivity index (χ3n) is 0.446. The third-order valence-corrected chi connectivity index (χ3v) is 0.446. The highest BCUT2D eigenvalue weighted by Crippen LogP contribution is 1.77. The van der Waals surface area contributed by atoms with Gasteiger partial charge in [-0.1, -0.05) is 0 Å². The number of carbonyl (C=O) groups is 1. The number of rotatable bonds is 2. The molecule has 0 bridgehead atoms. The van der Waals surface area contributed by atoms with E-state index in [0.717, 1.165) is 0 Å². The van der Waals surface area contributed by atoms with Crippen molar-refractivity contribution in [1.82, 2.24) is 0 Å². The molecule has 1 radical (unpaired) electrons. The predicted molar refractivity (Wildman–Crippen MR) is 21.8 cm³/mol. The van der Waals surface area contributed by atoms with Crippen LogP contribution in [0, 0.1) is 6.61 Å². The van der Waals surface area contributed by atoms with Crippen molar-refractivity contribution in [2.45, 2.75) is 6.04 Å². The Balaban J connectivity index is 3.34.